The van der Waals surface area contributed by atoms with Crippen LogP contribution in [0.25, 0.3) is 21.8 Å². The topological polar surface area (TPSA) is 112 Å². The molecule has 1 N–H and O–H groups in total. The molecule has 11 heteroatoms. The number of benzene rings is 2. The molecule has 4 aromatic rings. The van der Waals surface area contributed by atoms with E-state index >= 15 is 0 Å². The van der Waals surface area contributed by atoms with E-state index in [2.05, 4.69) is 25.1 Å². The number of imidazole rings is 1. The van der Waals surface area contributed by atoms with Gasteiger partial charge in [-0.15, -0.1) is 0 Å². The molecule has 0 saturated heterocycles. The van der Waals surface area contributed by atoms with E-state index in [1.807, 2.05) is 0 Å². The Morgan fingerprint density at radius 1 is 1.31 bits per heavy atom. The Hall–Kier alpha value is -4.59. The van der Waals surface area contributed by atoms with Crippen LogP contribution in [0.2, 0.25) is 0 Å². The maximum Gasteiger partial charge on any atom is 0.329 e. The molecule has 0 aliphatic carbocycles. The van der Waals surface area contributed by atoms with Crippen molar-refractivity contribution < 1.29 is 14.1 Å². The van der Waals surface area contributed by atoms with Crippen LogP contribution in [0.5, 0.6) is 5.75 Å². The van der Waals surface area contributed by atoms with Crippen molar-refractivity contribution in [3.63, 3.8) is 0 Å². The van der Waals surface area contributed by atoms with Crippen LogP contribution in [-0.2, 0) is 0 Å². The molecule has 3 heterocycles. The van der Waals surface area contributed by atoms with Crippen molar-refractivity contribution >= 4 is 28.2 Å². The van der Waals surface area contributed by atoms with Gasteiger partial charge in [0, 0.05) is 12.0 Å². The van der Waals surface area contributed by atoms with Crippen molar-refractivity contribution in [2.45, 2.75) is 12.5 Å². The van der Waals surface area contributed by atoms with Gasteiger partial charge in [-0.1, -0.05) is 18.2 Å². The molecule has 158 valence electrons. The van der Waals surface area contributed by atoms with Crippen molar-refractivity contribution in [2.75, 3.05) is 11.9 Å². The van der Waals surface area contributed by atoms with Gasteiger partial charge in [-0.2, -0.15) is 4.98 Å². The monoisotopic (exact) mass is 431 g/mol. The number of halogens is 1. The largest absolute Gasteiger partial charge is 0.490 e. The summed E-state index contributed by atoms with van der Waals surface area (Å²) in [5, 5.41) is 14.7. The third-order valence-electron chi connectivity index (χ3n) is 5.17. The molecule has 0 spiro atoms. The van der Waals surface area contributed by atoms with E-state index in [0.29, 0.717) is 28.7 Å². The highest BCUT2D eigenvalue weighted by atomic mass is 19.1. The van der Waals surface area contributed by atoms with Gasteiger partial charge < -0.3 is 10.1 Å². The summed E-state index contributed by atoms with van der Waals surface area (Å²) in [6.07, 6.45) is 3.07. The zero-order valence-electron chi connectivity index (χ0n) is 16.4. The van der Waals surface area contributed by atoms with Crippen LogP contribution in [-0.4, -0.2) is 31.0 Å². The Kier molecular flexibility index (Phi) is 4.59. The molecule has 0 saturated carbocycles. The fourth-order valence-corrected chi connectivity index (χ4v) is 3.65. The number of ether oxygens (including phenoxy) is 1. The van der Waals surface area contributed by atoms with Crippen molar-refractivity contribution in [1.82, 2.24) is 19.5 Å². The number of hydrogen-bond acceptors (Lipinski definition) is 7. The Bertz CT molecular complexity index is 1410. The van der Waals surface area contributed by atoms with E-state index in [1.54, 1.807) is 34.9 Å². The van der Waals surface area contributed by atoms with E-state index in [4.69, 9.17) is 11.3 Å². The molecule has 5 rings (SSSR count). The summed E-state index contributed by atoms with van der Waals surface area (Å²) in [6.45, 7) is 7.47. The number of aromatic nitrogens is 4. The van der Waals surface area contributed by atoms with Gasteiger partial charge in [0.1, 0.15) is 12.5 Å². The third kappa shape index (κ3) is 3.24. The van der Waals surface area contributed by atoms with Crippen molar-refractivity contribution in [3.05, 3.63) is 81.8 Å². The highest BCUT2D eigenvalue weighted by Gasteiger charge is 2.27. The lowest BCUT2D eigenvalue weighted by molar-refractivity contribution is -0.384. The molecule has 0 amide bonds. The van der Waals surface area contributed by atoms with E-state index in [1.165, 1.54) is 12.4 Å². The Balaban J connectivity index is 1.59. The second-order valence-corrected chi connectivity index (χ2v) is 7.05. The first kappa shape index (κ1) is 19.4. The number of hydrogen-bond donors (Lipinski definition) is 1. The van der Waals surface area contributed by atoms with Crippen LogP contribution in [0.15, 0.2) is 48.9 Å². The van der Waals surface area contributed by atoms with Crippen LogP contribution >= 0.6 is 0 Å². The smallest absolute Gasteiger partial charge is 0.329 e. The van der Waals surface area contributed by atoms with Gasteiger partial charge in [0.25, 0.3) is 0 Å². The van der Waals surface area contributed by atoms with Crippen LogP contribution < -0.4 is 10.1 Å². The molecule has 32 heavy (non-hydrogen) atoms. The molecule has 0 radical (unpaired) electrons. The van der Waals surface area contributed by atoms with Crippen molar-refractivity contribution in [3.8, 4) is 11.7 Å². The maximum atomic E-state index is 14.1. The van der Waals surface area contributed by atoms with Gasteiger partial charge in [-0.3, -0.25) is 14.7 Å². The predicted molar refractivity (Wildman–Crippen MR) is 112 cm³/mol. The number of para-hydroxylation sites is 1. The molecule has 10 nitrogen and oxygen atoms in total. The molecule has 2 aromatic heterocycles. The second kappa shape index (κ2) is 7.59. The zero-order valence-corrected chi connectivity index (χ0v) is 16.4. The van der Waals surface area contributed by atoms with Gasteiger partial charge in [-0.05, 0) is 18.2 Å². The number of rotatable bonds is 4. The lowest BCUT2D eigenvalue weighted by Gasteiger charge is -2.27. The highest BCUT2D eigenvalue weighted by molar-refractivity contribution is 5.81. The molecule has 0 bridgehead atoms. The molecule has 2 aromatic carbocycles. The molecular formula is C21H14FN7O3. The minimum Gasteiger partial charge on any atom is -0.490 e. The summed E-state index contributed by atoms with van der Waals surface area (Å²) < 4.78 is 21.1. The number of anilines is 1. The number of fused-ring (bicyclic) bond motifs is 2. The predicted octanol–water partition coefficient (Wildman–Crippen LogP) is 4.35. The van der Waals surface area contributed by atoms with E-state index in [0.717, 1.165) is 6.20 Å². The standard InChI is InChI=1S/C21H14FN7O3/c1-23-12-5-6-16-17(9-12)28(11-25-16)21-24-10-18(29(30)31)20(27-21)26-15-7-8-32-19-13(15)3-2-4-14(19)22/h2-6,9-11,15H,7-8H2,(H,24,26,27). The van der Waals surface area contributed by atoms with Crippen molar-refractivity contribution in [2.24, 2.45) is 0 Å². The number of nitrogens with zero attached hydrogens (tertiary/aromatic N) is 6. The molecule has 0 fully saturated rings. The summed E-state index contributed by atoms with van der Waals surface area (Å²) >= 11 is 0. The number of nitrogens with one attached hydrogen (secondary N) is 1. The lowest BCUT2D eigenvalue weighted by Crippen LogP contribution is -2.22. The summed E-state index contributed by atoms with van der Waals surface area (Å²) in [7, 11) is 0. The first-order valence-corrected chi connectivity index (χ1v) is 9.59. The summed E-state index contributed by atoms with van der Waals surface area (Å²) in [5.74, 6) is -0.229. The summed E-state index contributed by atoms with van der Waals surface area (Å²) in [6, 6.07) is 9.13. The third-order valence-corrected chi connectivity index (χ3v) is 5.17. The maximum absolute atomic E-state index is 14.1. The second-order valence-electron chi connectivity index (χ2n) is 7.05. The van der Waals surface area contributed by atoms with E-state index < -0.39 is 16.8 Å². The van der Waals surface area contributed by atoms with Gasteiger partial charge in [0.2, 0.25) is 11.8 Å². The average Bonchev–Trinajstić information content (AvgIpc) is 3.23. The minimum absolute atomic E-state index is 0.00899. The summed E-state index contributed by atoms with van der Waals surface area (Å²) in [5.41, 5.74) is 1.88. The first-order chi connectivity index (χ1) is 15.5. The minimum atomic E-state index is -0.582. The van der Waals surface area contributed by atoms with Crippen LogP contribution in [0.3, 0.4) is 0 Å². The fourth-order valence-electron chi connectivity index (χ4n) is 3.65. The van der Waals surface area contributed by atoms with E-state index in [-0.39, 0.29) is 29.8 Å². The van der Waals surface area contributed by atoms with Crippen LogP contribution in [0, 0.1) is 22.5 Å². The van der Waals surface area contributed by atoms with Gasteiger partial charge in [-0.25, -0.2) is 19.2 Å². The Morgan fingerprint density at radius 2 is 2.19 bits per heavy atom. The zero-order chi connectivity index (χ0) is 22.2. The quantitative estimate of drug-likeness (QED) is 0.290. The first-order valence-electron chi connectivity index (χ1n) is 9.59. The molecule has 1 aliphatic rings. The SMILES string of the molecule is [C-]#[N+]c1ccc2ncn(-c3ncc([N+](=O)[O-])c(NC4CCOc5c(F)cccc54)n3)c2c1. The molecule has 1 aliphatic heterocycles. The lowest BCUT2D eigenvalue weighted by atomic mass is 10.0. The van der Waals surface area contributed by atoms with Crippen LogP contribution in [0.4, 0.5) is 21.6 Å². The van der Waals surface area contributed by atoms with Crippen LogP contribution in [0.1, 0.15) is 18.0 Å². The summed E-state index contributed by atoms with van der Waals surface area (Å²) in [4.78, 5) is 27.2. The fraction of sp³-hybridized carbons (Fsp3) is 0.143. The highest BCUT2D eigenvalue weighted by Crippen LogP contribution is 2.37. The molecular weight excluding hydrogens is 417 g/mol. The van der Waals surface area contributed by atoms with Gasteiger partial charge in [0.05, 0.1) is 35.2 Å². The van der Waals surface area contributed by atoms with Gasteiger partial charge in [0.15, 0.2) is 17.3 Å². The van der Waals surface area contributed by atoms with Gasteiger partial charge >= 0.3 is 5.69 Å². The Labute approximate surface area is 180 Å². The normalized spacial score (nSPS) is 14.9. The molecule has 1 unspecified atom stereocenters. The average molecular weight is 431 g/mol. The Morgan fingerprint density at radius 3 is 3.00 bits per heavy atom. The molecule has 1 atom stereocenters. The number of nitro groups is 1. The van der Waals surface area contributed by atoms with Crippen molar-refractivity contribution in [1.29, 1.82) is 0 Å². The van der Waals surface area contributed by atoms with E-state index in [9.17, 15) is 14.5 Å².